The zero-order chi connectivity index (χ0) is 18.8. The molecule has 0 saturated heterocycles. The number of nitrogens with one attached hydrogen (secondary N) is 3. The zero-order valence-corrected chi connectivity index (χ0v) is 16.2. The average Bonchev–Trinajstić information content (AvgIpc) is 3.09. The molecule has 1 aliphatic carbocycles. The highest BCUT2D eigenvalue weighted by Crippen LogP contribution is 2.40. The third kappa shape index (κ3) is 6.33. The summed E-state index contributed by atoms with van der Waals surface area (Å²) in [5.74, 6) is 0.740. The number of guanidine groups is 1. The smallest absolute Gasteiger partial charge is 0.221 e. The summed E-state index contributed by atoms with van der Waals surface area (Å²) in [6.07, 6.45) is 6.19. The molecular weight excluding hydrogens is 328 g/mol. The van der Waals surface area contributed by atoms with E-state index in [4.69, 9.17) is 4.74 Å². The first-order chi connectivity index (χ1) is 12.6. The van der Waals surface area contributed by atoms with Crippen molar-refractivity contribution in [2.45, 2.75) is 45.6 Å². The van der Waals surface area contributed by atoms with Crippen molar-refractivity contribution in [1.82, 2.24) is 10.6 Å². The Morgan fingerprint density at radius 2 is 2.04 bits per heavy atom. The fourth-order valence-electron chi connectivity index (χ4n) is 3.60. The molecule has 3 N–H and O–H groups in total. The van der Waals surface area contributed by atoms with E-state index in [1.807, 2.05) is 24.3 Å². The highest BCUT2D eigenvalue weighted by atomic mass is 16.5. The Bertz CT molecular complexity index is 610. The average molecular weight is 361 g/mol. The Kier molecular flexibility index (Phi) is 7.91. The van der Waals surface area contributed by atoms with Gasteiger partial charge in [-0.2, -0.15) is 0 Å². The number of hydrogen-bond donors (Lipinski definition) is 3. The van der Waals surface area contributed by atoms with Crippen molar-refractivity contribution in [3.8, 4) is 0 Å². The van der Waals surface area contributed by atoms with E-state index in [0.717, 1.165) is 36.8 Å². The van der Waals surface area contributed by atoms with Gasteiger partial charge in [0.05, 0.1) is 0 Å². The highest BCUT2D eigenvalue weighted by Gasteiger charge is 2.33. The topological polar surface area (TPSA) is 74.8 Å². The van der Waals surface area contributed by atoms with Gasteiger partial charge in [0, 0.05) is 46.5 Å². The molecule has 1 aromatic rings. The van der Waals surface area contributed by atoms with Gasteiger partial charge in [0.2, 0.25) is 5.91 Å². The zero-order valence-electron chi connectivity index (χ0n) is 16.2. The third-order valence-electron chi connectivity index (χ3n) is 5.06. The third-order valence-corrected chi connectivity index (χ3v) is 5.06. The van der Waals surface area contributed by atoms with Crippen LogP contribution in [0.25, 0.3) is 0 Å². The Balaban J connectivity index is 1.86. The Labute approximate surface area is 156 Å². The van der Waals surface area contributed by atoms with Crippen LogP contribution in [0.2, 0.25) is 0 Å². The van der Waals surface area contributed by atoms with Crippen molar-refractivity contribution in [2.75, 3.05) is 32.6 Å². The van der Waals surface area contributed by atoms with E-state index in [0.29, 0.717) is 12.0 Å². The maximum atomic E-state index is 11.2. The second kappa shape index (κ2) is 10.2. The van der Waals surface area contributed by atoms with Crippen LogP contribution in [0.3, 0.4) is 0 Å². The lowest BCUT2D eigenvalue weighted by Gasteiger charge is -2.30. The summed E-state index contributed by atoms with van der Waals surface area (Å²) in [4.78, 5) is 15.5. The van der Waals surface area contributed by atoms with E-state index in [1.165, 1.54) is 32.6 Å². The predicted octanol–water partition coefficient (Wildman–Crippen LogP) is 2.91. The van der Waals surface area contributed by atoms with Crippen molar-refractivity contribution in [3.05, 3.63) is 29.8 Å². The molecule has 0 unspecified atom stereocenters. The molecular formula is C20H32N4O2. The van der Waals surface area contributed by atoms with Gasteiger partial charge in [-0.1, -0.05) is 25.0 Å². The van der Waals surface area contributed by atoms with Gasteiger partial charge in [-0.25, -0.2) is 0 Å². The normalized spacial score (nSPS) is 16.3. The van der Waals surface area contributed by atoms with Gasteiger partial charge in [-0.15, -0.1) is 0 Å². The number of methoxy groups -OCH3 is 1. The van der Waals surface area contributed by atoms with Gasteiger partial charge < -0.3 is 20.7 Å². The van der Waals surface area contributed by atoms with Crippen LogP contribution >= 0.6 is 0 Å². The molecule has 0 radical (unpaired) electrons. The first-order valence-electron chi connectivity index (χ1n) is 9.37. The lowest BCUT2D eigenvalue weighted by atomic mass is 9.83. The minimum absolute atomic E-state index is 0.0643. The van der Waals surface area contributed by atoms with Crippen molar-refractivity contribution in [2.24, 2.45) is 10.4 Å². The first kappa shape index (κ1) is 20.2. The molecule has 0 atom stereocenters. The largest absolute Gasteiger partial charge is 0.385 e. The summed E-state index contributed by atoms with van der Waals surface area (Å²) in [7, 11) is 3.56. The molecule has 1 fully saturated rings. The van der Waals surface area contributed by atoms with Crippen molar-refractivity contribution in [3.63, 3.8) is 0 Å². The molecule has 6 heteroatoms. The van der Waals surface area contributed by atoms with Crippen LogP contribution in [0.15, 0.2) is 29.3 Å². The highest BCUT2D eigenvalue weighted by molar-refractivity contribution is 5.88. The molecule has 2 rings (SSSR count). The maximum absolute atomic E-state index is 11.2. The number of anilines is 1. The van der Waals surface area contributed by atoms with E-state index in [-0.39, 0.29) is 5.91 Å². The standard InChI is InChI=1S/C20H32N4O2/c1-16(25)24-18-8-6-7-17(13-18)14-22-19(21-2)23-15-20(11-12-26-3)9-4-5-10-20/h6-8,13H,4-5,9-12,14-15H2,1-3H3,(H,24,25)(H2,21,22,23). The molecule has 1 amide bonds. The quantitative estimate of drug-likeness (QED) is 0.492. The molecule has 0 aliphatic heterocycles. The summed E-state index contributed by atoms with van der Waals surface area (Å²) >= 11 is 0. The van der Waals surface area contributed by atoms with Crippen molar-refractivity contribution in [1.29, 1.82) is 0 Å². The van der Waals surface area contributed by atoms with E-state index in [1.54, 1.807) is 14.2 Å². The van der Waals surface area contributed by atoms with Gasteiger partial charge in [-0.3, -0.25) is 9.79 Å². The number of carbonyl (C=O) groups excluding carboxylic acids is 1. The van der Waals surface area contributed by atoms with Crippen LogP contribution in [-0.4, -0.2) is 39.2 Å². The van der Waals surface area contributed by atoms with E-state index in [9.17, 15) is 4.79 Å². The van der Waals surface area contributed by atoms with E-state index in [2.05, 4.69) is 20.9 Å². The Morgan fingerprint density at radius 1 is 1.27 bits per heavy atom. The molecule has 0 aromatic heterocycles. The number of amides is 1. The van der Waals surface area contributed by atoms with E-state index < -0.39 is 0 Å². The van der Waals surface area contributed by atoms with Crippen LogP contribution in [0.5, 0.6) is 0 Å². The summed E-state index contributed by atoms with van der Waals surface area (Å²) in [5, 5.41) is 9.66. The summed E-state index contributed by atoms with van der Waals surface area (Å²) in [5.41, 5.74) is 2.22. The van der Waals surface area contributed by atoms with Gasteiger partial charge in [0.15, 0.2) is 5.96 Å². The molecule has 0 heterocycles. The Hall–Kier alpha value is -2.08. The number of aliphatic imine (C=N–C) groups is 1. The molecule has 1 saturated carbocycles. The minimum atomic E-state index is -0.0643. The molecule has 0 spiro atoms. The molecule has 6 nitrogen and oxygen atoms in total. The first-order valence-corrected chi connectivity index (χ1v) is 9.37. The van der Waals surface area contributed by atoms with Crippen LogP contribution in [0.1, 0.15) is 44.6 Å². The van der Waals surface area contributed by atoms with Crippen molar-refractivity contribution >= 4 is 17.6 Å². The fourth-order valence-corrected chi connectivity index (χ4v) is 3.60. The molecule has 144 valence electrons. The Morgan fingerprint density at radius 3 is 2.69 bits per heavy atom. The number of benzene rings is 1. The molecule has 1 aromatic carbocycles. The fraction of sp³-hybridized carbons (Fsp3) is 0.600. The van der Waals surface area contributed by atoms with Crippen molar-refractivity contribution < 1.29 is 9.53 Å². The minimum Gasteiger partial charge on any atom is -0.385 e. The number of carbonyl (C=O) groups is 1. The monoisotopic (exact) mass is 360 g/mol. The molecule has 0 bridgehead atoms. The van der Waals surface area contributed by atoms with Crippen LogP contribution in [-0.2, 0) is 16.1 Å². The number of nitrogens with zero attached hydrogens (tertiary/aromatic N) is 1. The summed E-state index contributed by atoms with van der Waals surface area (Å²) in [6, 6.07) is 7.83. The predicted molar refractivity (Wildman–Crippen MR) is 106 cm³/mol. The number of hydrogen-bond acceptors (Lipinski definition) is 3. The molecule has 26 heavy (non-hydrogen) atoms. The second-order valence-corrected chi connectivity index (χ2v) is 7.11. The van der Waals surface area contributed by atoms with Crippen LogP contribution in [0.4, 0.5) is 5.69 Å². The lowest BCUT2D eigenvalue weighted by molar-refractivity contribution is -0.114. The summed E-state index contributed by atoms with van der Waals surface area (Å²) < 4.78 is 5.30. The second-order valence-electron chi connectivity index (χ2n) is 7.11. The van der Waals surface area contributed by atoms with Crippen LogP contribution < -0.4 is 16.0 Å². The number of ether oxygens (including phenoxy) is 1. The van der Waals surface area contributed by atoms with Crippen LogP contribution in [0, 0.1) is 5.41 Å². The maximum Gasteiger partial charge on any atom is 0.221 e. The molecule has 1 aliphatic rings. The van der Waals surface area contributed by atoms with Gasteiger partial charge in [0.1, 0.15) is 0 Å². The van der Waals surface area contributed by atoms with E-state index >= 15 is 0 Å². The van der Waals surface area contributed by atoms with Gasteiger partial charge >= 0.3 is 0 Å². The van der Waals surface area contributed by atoms with Gasteiger partial charge in [-0.05, 0) is 42.4 Å². The summed E-state index contributed by atoms with van der Waals surface area (Å²) in [6.45, 7) is 3.89. The SMILES string of the molecule is CN=C(NCc1cccc(NC(C)=O)c1)NCC1(CCOC)CCCC1. The van der Waals surface area contributed by atoms with Gasteiger partial charge in [0.25, 0.3) is 0 Å². The lowest BCUT2D eigenvalue weighted by Crippen LogP contribution is -2.43. The number of rotatable bonds is 8.